The second kappa shape index (κ2) is 12.5. The third kappa shape index (κ3) is 7.05. The highest BCUT2D eigenvalue weighted by atomic mass is 127. The standard InChI is InChI=1S/C26H20Cl3IN2O3/c1-3-34-24-11-16(9-18(13-31)26(33)32-23-6-4-5-20(28)15(23)2)10-22(30)25(24)35-14-17-7-8-19(27)12-21(17)29/h4-12H,3,14H2,1-2H3,(H,32,33)/b18-9+. The fourth-order valence-corrected chi connectivity index (χ4v) is 4.53. The molecule has 0 aliphatic heterocycles. The largest absolute Gasteiger partial charge is 0.490 e. The first kappa shape index (κ1) is 27.2. The Morgan fingerprint density at radius 2 is 1.89 bits per heavy atom. The number of amides is 1. The van der Waals surface area contributed by atoms with Gasteiger partial charge in [0, 0.05) is 26.3 Å². The van der Waals surface area contributed by atoms with Crippen LogP contribution in [-0.2, 0) is 11.4 Å². The Kier molecular flexibility index (Phi) is 9.70. The van der Waals surface area contributed by atoms with Gasteiger partial charge in [-0.05, 0) is 90.0 Å². The first-order chi connectivity index (χ1) is 16.7. The van der Waals surface area contributed by atoms with Gasteiger partial charge in [-0.2, -0.15) is 5.26 Å². The maximum atomic E-state index is 12.8. The van der Waals surface area contributed by atoms with Crippen molar-refractivity contribution in [1.82, 2.24) is 0 Å². The van der Waals surface area contributed by atoms with E-state index in [2.05, 4.69) is 27.9 Å². The van der Waals surface area contributed by atoms with E-state index in [4.69, 9.17) is 44.3 Å². The van der Waals surface area contributed by atoms with Gasteiger partial charge in [-0.15, -0.1) is 0 Å². The summed E-state index contributed by atoms with van der Waals surface area (Å²) < 4.78 is 12.6. The van der Waals surface area contributed by atoms with Crippen LogP contribution in [0, 0.1) is 21.8 Å². The maximum absolute atomic E-state index is 12.8. The van der Waals surface area contributed by atoms with Gasteiger partial charge in [0.1, 0.15) is 18.2 Å². The molecule has 0 bridgehead atoms. The minimum atomic E-state index is -0.538. The summed E-state index contributed by atoms with van der Waals surface area (Å²) >= 11 is 20.5. The Balaban J connectivity index is 1.87. The molecule has 1 amide bonds. The van der Waals surface area contributed by atoms with E-state index in [1.807, 2.05) is 13.0 Å². The van der Waals surface area contributed by atoms with Crippen LogP contribution in [-0.4, -0.2) is 12.5 Å². The van der Waals surface area contributed by atoms with Crippen LogP contribution in [0.25, 0.3) is 6.08 Å². The summed E-state index contributed by atoms with van der Waals surface area (Å²) in [5, 5.41) is 13.9. The molecule has 0 heterocycles. The molecule has 1 N–H and O–H groups in total. The summed E-state index contributed by atoms with van der Waals surface area (Å²) in [6.45, 7) is 4.27. The van der Waals surface area contributed by atoms with E-state index < -0.39 is 5.91 Å². The molecule has 3 aromatic carbocycles. The lowest BCUT2D eigenvalue weighted by molar-refractivity contribution is -0.112. The summed E-state index contributed by atoms with van der Waals surface area (Å²) in [6.07, 6.45) is 1.50. The minimum absolute atomic E-state index is 0.0655. The van der Waals surface area contributed by atoms with Gasteiger partial charge < -0.3 is 14.8 Å². The molecule has 35 heavy (non-hydrogen) atoms. The average Bonchev–Trinajstić information content (AvgIpc) is 2.81. The molecule has 0 atom stereocenters. The summed E-state index contributed by atoms with van der Waals surface area (Å²) in [4.78, 5) is 12.8. The zero-order valence-electron chi connectivity index (χ0n) is 18.8. The molecule has 0 fully saturated rings. The summed E-state index contributed by atoms with van der Waals surface area (Å²) in [5.74, 6) is 0.482. The van der Waals surface area contributed by atoms with Crippen molar-refractivity contribution in [3.8, 4) is 17.6 Å². The molecule has 0 unspecified atom stereocenters. The van der Waals surface area contributed by atoms with Crippen LogP contribution in [0.4, 0.5) is 5.69 Å². The molecule has 0 spiro atoms. The molecule has 3 aromatic rings. The van der Waals surface area contributed by atoms with E-state index in [1.165, 1.54) is 6.08 Å². The number of ether oxygens (including phenoxy) is 2. The summed E-state index contributed by atoms with van der Waals surface area (Å²) in [5.41, 5.74) is 2.58. The molecule has 0 saturated heterocycles. The highest BCUT2D eigenvalue weighted by Gasteiger charge is 2.16. The van der Waals surface area contributed by atoms with Crippen LogP contribution in [0.3, 0.4) is 0 Å². The molecule has 5 nitrogen and oxygen atoms in total. The van der Waals surface area contributed by atoms with E-state index in [1.54, 1.807) is 55.5 Å². The zero-order chi connectivity index (χ0) is 25.5. The van der Waals surface area contributed by atoms with E-state index in [9.17, 15) is 10.1 Å². The van der Waals surface area contributed by atoms with Gasteiger partial charge in [-0.25, -0.2) is 0 Å². The highest BCUT2D eigenvalue weighted by molar-refractivity contribution is 14.1. The topological polar surface area (TPSA) is 71.3 Å². The van der Waals surface area contributed by atoms with Crippen molar-refractivity contribution in [3.05, 3.63) is 89.4 Å². The van der Waals surface area contributed by atoms with Crippen LogP contribution in [0.2, 0.25) is 15.1 Å². The molecule has 0 aliphatic rings. The van der Waals surface area contributed by atoms with E-state index in [0.29, 0.717) is 44.4 Å². The number of nitrogens with zero attached hydrogens (tertiary/aromatic N) is 1. The smallest absolute Gasteiger partial charge is 0.266 e. The van der Waals surface area contributed by atoms with Crippen molar-refractivity contribution in [3.63, 3.8) is 0 Å². The molecular formula is C26H20Cl3IN2O3. The Bertz CT molecular complexity index is 1340. The predicted octanol–water partition coefficient (Wildman–Crippen LogP) is 8.08. The molecule has 0 radical (unpaired) electrons. The van der Waals surface area contributed by atoms with E-state index in [-0.39, 0.29) is 12.2 Å². The second-order valence-corrected chi connectivity index (χ2v) is 9.74. The van der Waals surface area contributed by atoms with Crippen molar-refractivity contribution in [2.75, 3.05) is 11.9 Å². The Hall–Kier alpha value is -2.44. The first-order valence-corrected chi connectivity index (χ1v) is 12.7. The van der Waals surface area contributed by atoms with Crippen LogP contribution >= 0.6 is 57.4 Å². The zero-order valence-corrected chi connectivity index (χ0v) is 23.2. The van der Waals surface area contributed by atoms with Crippen molar-refractivity contribution in [2.24, 2.45) is 0 Å². The molecule has 0 aliphatic carbocycles. The van der Waals surface area contributed by atoms with Crippen LogP contribution < -0.4 is 14.8 Å². The number of hydrogen-bond acceptors (Lipinski definition) is 4. The van der Waals surface area contributed by atoms with Crippen molar-refractivity contribution in [2.45, 2.75) is 20.5 Å². The van der Waals surface area contributed by atoms with Gasteiger partial charge in [0.05, 0.1) is 10.2 Å². The third-order valence-electron chi connectivity index (χ3n) is 4.91. The molecule has 0 saturated carbocycles. The number of rotatable bonds is 8. The number of halogens is 4. The average molecular weight is 642 g/mol. The highest BCUT2D eigenvalue weighted by Crippen LogP contribution is 2.36. The van der Waals surface area contributed by atoms with Gasteiger partial charge in [0.15, 0.2) is 11.5 Å². The first-order valence-electron chi connectivity index (χ1n) is 10.4. The van der Waals surface area contributed by atoms with Gasteiger partial charge in [-0.1, -0.05) is 46.9 Å². The normalized spacial score (nSPS) is 11.1. The number of hydrogen-bond donors (Lipinski definition) is 1. The lowest BCUT2D eigenvalue weighted by Gasteiger charge is -2.15. The van der Waals surface area contributed by atoms with E-state index in [0.717, 1.165) is 14.7 Å². The van der Waals surface area contributed by atoms with Crippen LogP contribution in [0.1, 0.15) is 23.6 Å². The molecule has 9 heteroatoms. The van der Waals surface area contributed by atoms with E-state index >= 15 is 0 Å². The lowest BCUT2D eigenvalue weighted by atomic mass is 10.1. The van der Waals surface area contributed by atoms with Crippen LogP contribution in [0.5, 0.6) is 11.5 Å². The predicted molar refractivity (Wildman–Crippen MR) is 150 cm³/mol. The third-order valence-corrected chi connectivity index (χ3v) is 6.71. The lowest BCUT2D eigenvalue weighted by Crippen LogP contribution is -2.14. The number of carbonyl (C=O) groups is 1. The van der Waals surface area contributed by atoms with Gasteiger partial charge in [0.2, 0.25) is 0 Å². The molecule has 0 aromatic heterocycles. The maximum Gasteiger partial charge on any atom is 0.266 e. The molecule has 180 valence electrons. The van der Waals surface area contributed by atoms with Crippen molar-refractivity contribution < 1.29 is 14.3 Å². The fraction of sp³-hybridized carbons (Fsp3) is 0.154. The number of carbonyl (C=O) groups excluding carboxylic acids is 1. The van der Waals surface area contributed by atoms with Gasteiger partial charge in [0.25, 0.3) is 5.91 Å². The number of anilines is 1. The number of benzene rings is 3. The van der Waals surface area contributed by atoms with Gasteiger partial charge in [-0.3, -0.25) is 4.79 Å². The minimum Gasteiger partial charge on any atom is -0.490 e. The summed E-state index contributed by atoms with van der Waals surface area (Å²) in [7, 11) is 0. The Labute approximate surface area is 232 Å². The SMILES string of the molecule is CCOc1cc(/C=C(\C#N)C(=O)Nc2cccc(Cl)c2C)cc(I)c1OCc1ccc(Cl)cc1Cl. The molecule has 3 rings (SSSR count). The van der Waals surface area contributed by atoms with Crippen LogP contribution in [0.15, 0.2) is 54.1 Å². The Morgan fingerprint density at radius 1 is 1.11 bits per heavy atom. The number of nitriles is 1. The van der Waals surface area contributed by atoms with Gasteiger partial charge >= 0.3 is 0 Å². The second-order valence-electron chi connectivity index (χ2n) is 7.32. The number of nitrogens with one attached hydrogen (secondary N) is 1. The quantitative estimate of drug-likeness (QED) is 0.153. The monoisotopic (exact) mass is 640 g/mol. The molecular weight excluding hydrogens is 622 g/mol. The Morgan fingerprint density at radius 3 is 2.57 bits per heavy atom. The van der Waals surface area contributed by atoms with Crippen molar-refractivity contribution in [1.29, 1.82) is 5.26 Å². The fourth-order valence-electron chi connectivity index (χ4n) is 3.11. The van der Waals surface area contributed by atoms with Crippen molar-refractivity contribution >= 4 is 75.1 Å². The summed E-state index contributed by atoms with van der Waals surface area (Å²) in [6, 6.07) is 15.9.